The first-order chi connectivity index (χ1) is 11.2. The summed E-state index contributed by atoms with van der Waals surface area (Å²) in [5.41, 5.74) is 2.49. The van der Waals surface area contributed by atoms with Gasteiger partial charge in [-0.15, -0.1) is 0 Å². The SMILES string of the molecule is Clc1ccc(C2CN(c3ncnc4nc[nH]c34)CCO2)cc1Cl. The van der Waals surface area contributed by atoms with Crippen LogP contribution in [0, 0.1) is 0 Å². The lowest BCUT2D eigenvalue weighted by molar-refractivity contribution is 0.0396. The molecule has 8 heteroatoms. The molecule has 1 saturated heterocycles. The van der Waals surface area contributed by atoms with E-state index in [1.807, 2.05) is 12.1 Å². The Morgan fingerprint density at radius 2 is 2.09 bits per heavy atom. The van der Waals surface area contributed by atoms with Gasteiger partial charge in [0, 0.05) is 13.1 Å². The Kier molecular flexibility index (Phi) is 3.80. The number of ether oxygens (including phenoxy) is 1. The molecule has 1 aliphatic rings. The molecule has 3 heterocycles. The molecule has 1 aliphatic heterocycles. The Labute approximate surface area is 142 Å². The van der Waals surface area contributed by atoms with E-state index in [2.05, 4.69) is 24.8 Å². The molecule has 0 aliphatic carbocycles. The maximum Gasteiger partial charge on any atom is 0.182 e. The van der Waals surface area contributed by atoms with Crippen LogP contribution < -0.4 is 4.90 Å². The van der Waals surface area contributed by atoms with Gasteiger partial charge in [0.2, 0.25) is 0 Å². The van der Waals surface area contributed by atoms with Gasteiger partial charge in [0.05, 0.1) is 23.0 Å². The van der Waals surface area contributed by atoms with E-state index >= 15 is 0 Å². The number of H-pyrrole nitrogens is 1. The Morgan fingerprint density at radius 1 is 1.17 bits per heavy atom. The molecule has 23 heavy (non-hydrogen) atoms. The second-order valence-electron chi connectivity index (χ2n) is 5.28. The molecular weight excluding hydrogens is 337 g/mol. The van der Waals surface area contributed by atoms with Crippen molar-refractivity contribution in [3.05, 3.63) is 46.5 Å². The highest BCUT2D eigenvalue weighted by Gasteiger charge is 2.25. The minimum atomic E-state index is -0.0912. The molecule has 118 valence electrons. The van der Waals surface area contributed by atoms with Crippen molar-refractivity contribution in [2.45, 2.75) is 6.10 Å². The minimum Gasteiger partial charge on any atom is -0.370 e. The number of aromatic amines is 1. The fourth-order valence-electron chi connectivity index (χ4n) is 2.75. The number of halogens is 2. The summed E-state index contributed by atoms with van der Waals surface area (Å²) in [6.07, 6.45) is 3.06. The first kappa shape index (κ1) is 14.7. The predicted molar refractivity (Wildman–Crippen MR) is 89.1 cm³/mol. The number of benzene rings is 1. The summed E-state index contributed by atoms with van der Waals surface area (Å²) in [4.78, 5) is 18.0. The standard InChI is InChI=1S/C15H13Cl2N5O/c16-10-2-1-9(5-11(10)17)12-6-22(3-4-23-12)15-13-14(19-7-18-13)20-8-21-15/h1-2,5,7-8,12H,3-4,6H2,(H,18,19,20,21). The molecular formula is C15H13Cl2N5O. The van der Waals surface area contributed by atoms with Crippen LogP contribution in [0.3, 0.4) is 0 Å². The highest BCUT2D eigenvalue weighted by atomic mass is 35.5. The molecule has 1 atom stereocenters. The van der Waals surface area contributed by atoms with Crippen LogP contribution in [0.5, 0.6) is 0 Å². The van der Waals surface area contributed by atoms with Crippen LogP contribution in [-0.4, -0.2) is 39.6 Å². The lowest BCUT2D eigenvalue weighted by Crippen LogP contribution is -2.39. The smallest absolute Gasteiger partial charge is 0.182 e. The van der Waals surface area contributed by atoms with Crippen LogP contribution in [0.4, 0.5) is 5.82 Å². The topological polar surface area (TPSA) is 66.9 Å². The number of imidazole rings is 1. The summed E-state index contributed by atoms with van der Waals surface area (Å²) in [5.74, 6) is 0.834. The predicted octanol–water partition coefficient (Wildman–Crippen LogP) is 3.24. The second-order valence-corrected chi connectivity index (χ2v) is 6.09. The molecule has 0 amide bonds. The highest BCUT2D eigenvalue weighted by Crippen LogP contribution is 2.31. The van der Waals surface area contributed by atoms with Gasteiger partial charge in [-0.05, 0) is 17.7 Å². The zero-order valence-electron chi connectivity index (χ0n) is 12.0. The van der Waals surface area contributed by atoms with Gasteiger partial charge < -0.3 is 14.6 Å². The minimum absolute atomic E-state index is 0.0912. The van der Waals surface area contributed by atoms with Crippen molar-refractivity contribution in [2.75, 3.05) is 24.6 Å². The Morgan fingerprint density at radius 3 is 2.96 bits per heavy atom. The number of anilines is 1. The van der Waals surface area contributed by atoms with Crippen molar-refractivity contribution in [2.24, 2.45) is 0 Å². The zero-order chi connectivity index (χ0) is 15.8. The number of hydrogen-bond acceptors (Lipinski definition) is 5. The largest absolute Gasteiger partial charge is 0.370 e. The van der Waals surface area contributed by atoms with Gasteiger partial charge in [-0.1, -0.05) is 29.3 Å². The summed E-state index contributed by atoms with van der Waals surface area (Å²) >= 11 is 12.1. The molecule has 3 aromatic rings. The number of nitrogens with zero attached hydrogens (tertiary/aromatic N) is 4. The van der Waals surface area contributed by atoms with Gasteiger partial charge in [-0.3, -0.25) is 0 Å². The van der Waals surface area contributed by atoms with Crippen LogP contribution >= 0.6 is 23.2 Å². The summed E-state index contributed by atoms with van der Waals surface area (Å²) in [5, 5.41) is 1.07. The fraction of sp³-hybridized carbons (Fsp3) is 0.267. The van der Waals surface area contributed by atoms with E-state index in [-0.39, 0.29) is 6.10 Å². The Bertz CT molecular complexity index is 853. The van der Waals surface area contributed by atoms with E-state index in [0.717, 1.165) is 23.4 Å². The fourth-order valence-corrected chi connectivity index (χ4v) is 3.05. The maximum atomic E-state index is 6.11. The van der Waals surface area contributed by atoms with E-state index in [1.165, 1.54) is 6.33 Å². The van der Waals surface area contributed by atoms with Crippen LogP contribution in [-0.2, 0) is 4.74 Å². The summed E-state index contributed by atoms with van der Waals surface area (Å²) < 4.78 is 5.89. The van der Waals surface area contributed by atoms with Crippen LogP contribution in [0.25, 0.3) is 11.2 Å². The van der Waals surface area contributed by atoms with E-state index < -0.39 is 0 Å². The number of hydrogen-bond donors (Lipinski definition) is 1. The zero-order valence-corrected chi connectivity index (χ0v) is 13.6. The normalized spacial score (nSPS) is 18.5. The van der Waals surface area contributed by atoms with Crippen molar-refractivity contribution >= 4 is 40.2 Å². The molecule has 1 unspecified atom stereocenters. The van der Waals surface area contributed by atoms with Crippen LogP contribution in [0.2, 0.25) is 10.0 Å². The first-order valence-corrected chi connectivity index (χ1v) is 7.93. The molecule has 4 rings (SSSR count). The monoisotopic (exact) mass is 349 g/mol. The molecule has 6 nitrogen and oxygen atoms in total. The average Bonchev–Trinajstić information content (AvgIpc) is 3.06. The summed E-state index contributed by atoms with van der Waals surface area (Å²) in [6, 6.07) is 5.58. The summed E-state index contributed by atoms with van der Waals surface area (Å²) in [7, 11) is 0. The van der Waals surface area contributed by atoms with E-state index in [9.17, 15) is 0 Å². The van der Waals surface area contributed by atoms with Crippen molar-refractivity contribution in [3.8, 4) is 0 Å². The van der Waals surface area contributed by atoms with Gasteiger partial charge in [-0.25, -0.2) is 15.0 Å². The van der Waals surface area contributed by atoms with Crippen molar-refractivity contribution in [1.29, 1.82) is 0 Å². The maximum absolute atomic E-state index is 6.11. The number of aromatic nitrogens is 4. The second kappa shape index (κ2) is 5.96. The lowest BCUT2D eigenvalue weighted by atomic mass is 10.1. The van der Waals surface area contributed by atoms with Gasteiger partial charge >= 0.3 is 0 Å². The Hall–Kier alpha value is -1.89. The molecule has 0 saturated carbocycles. The number of morpholine rings is 1. The number of rotatable bonds is 2. The number of nitrogens with one attached hydrogen (secondary N) is 1. The van der Waals surface area contributed by atoms with Crippen LogP contribution in [0.1, 0.15) is 11.7 Å². The van der Waals surface area contributed by atoms with Gasteiger partial charge in [0.1, 0.15) is 17.9 Å². The van der Waals surface area contributed by atoms with E-state index in [1.54, 1.807) is 12.4 Å². The van der Waals surface area contributed by atoms with Gasteiger partial charge in [0.25, 0.3) is 0 Å². The molecule has 1 N–H and O–H groups in total. The third-order valence-electron chi connectivity index (χ3n) is 3.88. The van der Waals surface area contributed by atoms with Gasteiger partial charge in [-0.2, -0.15) is 0 Å². The Balaban J connectivity index is 1.64. The molecule has 0 spiro atoms. The average molecular weight is 350 g/mol. The van der Waals surface area contributed by atoms with Crippen molar-refractivity contribution in [3.63, 3.8) is 0 Å². The quantitative estimate of drug-likeness (QED) is 0.769. The third kappa shape index (κ3) is 2.73. The molecule has 2 aromatic heterocycles. The van der Waals surface area contributed by atoms with E-state index in [4.69, 9.17) is 27.9 Å². The molecule has 1 fully saturated rings. The highest BCUT2D eigenvalue weighted by molar-refractivity contribution is 6.42. The summed E-state index contributed by atoms with van der Waals surface area (Å²) in [6.45, 7) is 2.02. The molecule has 0 bridgehead atoms. The van der Waals surface area contributed by atoms with Crippen molar-refractivity contribution in [1.82, 2.24) is 19.9 Å². The molecule has 0 radical (unpaired) electrons. The third-order valence-corrected chi connectivity index (χ3v) is 4.62. The first-order valence-electron chi connectivity index (χ1n) is 7.18. The molecule has 1 aromatic carbocycles. The lowest BCUT2D eigenvalue weighted by Gasteiger charge is -2.34. The van der Waals surface area contributed by atoms with Crippen LogP contribution in [0.15, 0.2) is 30.9 Å². The van der Waals surface area contributed by atoms with Gasteiger partial charge in [0.15, 0.2) is 11.5 Å². The van der Waals surface area contributed by atoms with E-state index in [0.29, 0.717) is 28.8 Å². The van der Waals surface area contributed by atoms with Crippen molar-refractivity contribution < 1.29 is 4.74 Å². The number of fused-ring (bicyclic) bond motifs is 1.